The Morgan fingerprint density at radius 1 is 1.30 bits per heavy atom. The summed E-state index contributed by atoms with van der Waals surface area (Å²) in [7, 11) is 1.88. The lowest BCUT2D eigenvalue weighted by Crippen LogP contribution is -2.30. The quantitative estimate of drug-likeness (QED) is 0.930. The van der Waals surface area contributed by atoms with Gasteiger partial charge in [0.2, 0.25) is 0 Å². The first-order valence-corrected chi connectivity index (χ1v) is 6.62. The van der Waals surface area contributed by atoms with Crippen molar-refractivity contribution in [1.82, 2.24) is 14.9 Å². The Bertz CT molecular complexity index is 666. The maximum Gasteiger partial charge on any atom is 0.257 e. The number of hydrogen-bond acceptors (Lipinski definition) is 3. The molecular formula is C15H18BrN3O. The van der Waals surface area contributed by atoms with Crippen LogP contribution in [0.1, 0.15) is 11.1 Å². The molecule has 3 rings (SSSR count). The molecular weight excluding hydrogens is 318 g/mol. The van der Waals surface area contributed by atoms with Crippen LogP contribution in [0.3, 0.4) is 0 Å². The molecule has 0 spiro atoms. The first-order chi connectivity index (χ1) is 9.31. The summed E-state index contributed by atoms with van der Waals surface area (Å²) in [5.41, 5.74) is 4.23. The number of likely N-dealkylation sites (N-methyl/N-ethyl adjacent to an activating group) is 1. The van der Waals surface area contributed by atoms with E-state index in [1.807, 2.05) is 19.2 Å². The van der Waals surface area contributed by atoms with Crippen LogP contribution in [0.15, 0.2) is 35.4 Å². The van der Waals surface area contributed by atoms with Crippen LogP contribution in [0.2, 0.25) is 0 Å². The number of halogens is 1. The molecule has 106 valence electrons. The minimum absolute atomic E-state index is 0. The smallest absolute Gasteiger partial charge is 0.257 e. The lowest BCUT2D eigenvalue weighted by Gasteiger charge is -2.19. The molecule has 20 heavy (non-hydrogen) atoms. The van der Waals surface area contributed by atoms with Gasteiger partial charge < -0.3 is 5.32 Å². The summed E-state index contributed by atoms with van der Waals surface area (Å²) in [5.74, 6) is 0. The molecule has 2 aromatic rings. The van der Waals surface area contributed by atoms with Gasteiger partial charge in [0, 0.05) is 24.2 Å². The highest BCUT2D eigenvalue weighted by Gasteiger charge is 2.20. The monoisotopic (exact) mass is 335 g/mol. The fourth-order valence-electron chi connectivity index (χ4n) is 2.61. The van der Waals surface area contributed by atoms with Crippen molar-refractivity contribution in [1.29, 1.82) is 0 Å². The molecule has 1 heterocycles. The Labute approximate surface area is 128 Å². The van der Waals surface area contributed by atoms with Gasteiger partial charge in [-0.15, -0.1) is 17.0 Å². The first-order valence-electron chi connectivity index (χ1n) is 6.62. The molecule has 1 aromatic heterocycles. The minimum atomic E-state index is 0. The maximum absolute atomic E-state index is 12.4. The van der Waals surface area contributed by atoms with E-state index in [1.54, 1.807) is 10.9 Å². The normalized spacial score (nSPS) is 12.2. The van der Waals surface area contributed by atoms with Crippen LogP contribution in [-0.2, 0) is 19.4 Å². The molecule has 5 heteroatoms. The van der Waals surface area contributed by atoms with E-state index in [-0.39, 0.29) is 22.5 Å². The van der Waals surface area contributed by atoms with E-state index >= 15 is 0 Å². The zero-order valence-electron chi connectivity index (χ0n) is 11.4. The van der Waals surface area contributed by atoms with Crippen molar-refractivity contribution in [3.63, 3.8) is 0 Å². The van der Waals surface area contributed by atoms with Gasteiger partial charge >= 0.3 is 0 Å². The highest BCUT2D eigenvalue weighted by molar-refractivity contribution is 8.93. The fourth-order valence-corrected chi connectivity index (χ4v) is 2.61. The molecule has 0 atom stereocenters. The van der Waals surface area contributed by atoms with Gasteiger partial charge in [-0.25, -0.2) is 4.98 Å². The Morgan fingerprint density at radius 3 is 2.90 bits per heavy atom. The largest absolute Gasteiger partial charge is 0.318 e. The molecule has 0 fully saturated rings. The average Bonchev–Trinajstić information content (AvgIpc) is 2.46. The van der Waals surface area contributed by atoms with Gasteiger partial charge in [0.05, 0.1) is 12.0 Å². The molecule has 0 radical (unpaired) electrons. The Balaban J connectivity index is 0.00000147. The van der Waals surface area contributed by atoms with Gasteiger partial charge in [0.1, 0.15) is 0 Å². The lowest BCUT2D eigenvalue weighted by molar-refractivity contribution is 0.609. The zero-order valence-corrected chi connectivity index (χ0v) is 13.1. The van der Waals surface area contributed by atoms with Crippen molar-refractivity contribution in [2.24, 2.45) is 0 Å². The Hall–Kier alpha value is -1.46. The number of aryl methyl sites for hydroxylation is 1. The number of fused-ring (bicyclic) bond motifs is 3. The van der Waals surface area contributed by atoms with Crippen LogP contribution in [0.25, 0.3) is 11.3 Å². The standard InChI is InChI=1S/C15H17N3O.BrH/c1-16-8-9-18-10-17-14-12-5-3-2-4-11(12)6-7-13(14)15(18)19;/h2-5,10,16H,6-9H2,1H3;1H. The SMILES string of the molecule is Br.CNCCn1cnc2c(c1=O)CCc1ccccc1-2. The summed E-state index contributed by atoms with van der Waals surface area (Å²) >= 11 is 0. The van der Waals surface area contributed by atoms with Crippen molar-refractivity contribution in [2.75, 3.05) is 13.6 Å². The van der Waals surface area contributed by atoms with E-state index in [1.165, 1.54) is 5.56 Å². The minimum Gasteiger partial charge on any atom is -0.318 e. The summed E-state index contributed by atoms with van der Waals surface area (Å²) in [6.07, 6.45) is 3.38. The molecule has 1 aromatic carbocycles. The van der Waals surface area contributed by atoms with E-state index in [4.69, 9.17) is 0 Å². The third-order valence-corrected chi connectivity index (χ3v) is 3.65. The molecule has 0 bridgehead atoms. The average molecular weight is 336 g/mol. The van der Waals surface area contributed by atoms with E-state index < -0.39 is 0 Å². The van der Waals surface area contributed by atoms with E-state index in [2.05, 4.69) is 22.4 Å². The summed E-state index contributed by atoms with van der Waals surface area (Å²) in [6, 6.07) is 8.21. The number of nitrogens with zero attached hydrogens (tertiary/aromatic N) is 2. The third-order valence-electron chi connectivity index (χ3n) is 3.65. The highest BCUT2D eigenvalue weighted by Crippen LogP contribution is 2.29. The molecule has 0 saturated heterocycles. The van der Waals surface area contributed by atoms with Crippen LogP contribution >= 0.6 is 17.0 Å². The van der Waals surface area contributed by atoms with E-state index in [9.17, 15) is 4.79 Å². The summed E-state index contributed by atoms with van der Waals surface area (Å²) in [6.45, 7) is 1.44. The second kappa shape index (κ2) is 6.33. The van der Waals surface area contributed by atoms with Crippen molar-refractivity contribution >= 4 is 17.0 Å². The maximum atomic E-state index is 12.4. The summed E-state index contributed by atoms with van der Waals surface area (Å²) in [5, 5.41) is 3.05. The van der Waals surface area contributed by atoms with Crippen molar-refractivity contribution in [3.05, 3.63) is 52.1 Å². The van der Waals surface area contributed by atoms with Gasteiger partial charge in [-0.2, -0.15) is 0 Å². The van der Waals surface area contributed by atoms with Crippen molar-refractivity contribution < 1.29 is 0 Å². The van der Waals surface area contributed by atoms with Gasteiger partial charge in [-0.05, 0) is 25.5 Å². The van der Waals surface area contributed by atoms with Crippen molar-refractivity contribution in [3.8, 4) is 11.3 Å². The van der Waals surface area contributed by atoms with Crippen LogP contribution in [0.4, 0.5) is 0 Å². The molecule has 1 aliphatic carbocycles. The van der Waals surface area contributed by atoms with Crippen molar-refractivity contribution in [2.45, 2.75) is 19.4 Å². The first kappa shape index (κ1) is 14.9. The molecule has 1 aliphatic rings. The van der Waals surface area contributed by atoms with Crippen LogP contribution < -0.4 is 10.9 Å². The highest BCUT2D eigenvalue weighted by atomic mass is 79.9. The molecule has 0 aliphatic heterocycles. The Kier molecular flexibility index (Phi) is 4.73. The van der Waals surface area contributed by atoms with E-state index in [0.717, 1.165) is 36.2 Å². The number of hydrogen-bond donors (Lipinski definition) is 1. The van der Waals surface area contributed by atoms with Gasteiger partial charge in [-0.3, -0.25) is 9.36 Å². The summed E-state index contributed by atoms with van der Waals surface area (Å²) in [4.78, 5) is 16.9. The second-order valence-electron chi connectivity index (χ2n) is 4.83. The second-order valence-corrected chi connectivity index (χ2v) is 4.83. The number of benzene rings is 1. The van der Waals surface area contributed by atoms with Gasteiger partial charge in [0.15, 0.2) is 0 Å². The molecule has 0 amide bonds. The van der Waals surface area contributed by atoms with Gasteiger partial charge in [-0.1, -0.05) is 24.3 Å². The predicted octanol–water partition coefficient (Wildman–Crippen LogP) is 1.81. The molecule has 0 unspecified atom stereocenters. The Morgan fingerprint density at radius 2 is 2.10 bits per heavy atom. The van der Waals surface area contributed by atoms with Crippen LogP contribution in [-0.4, -0.2) is 23.1 Å². The number of aromatic nitrogens is 2. The third kappa shape index (κ3) is 2.55. The lowest BCUT2D eigenvalue weighted by atomic mass is 9.90. The van der Waals surface area contributed by atoms with Crippen LogP contribution in [0, 0.1) is 0 Å². The zero-order chi connectivity index (χ0) is 13.2. The van der Waals surface area contributed by atoms with E-state index in [0.29, 0.717) is 6.54 Å². The number of rotatable bonds is 3. The van der Waals surface area contributed by atoms with Gasteiger partial charge in [0.25, 0.3) is 5.56 Å². The molecule has 4 nitrogen and oxygen atoms in total. The van der Waals surface area contributed by atoms with Crippen LogP contribution in [0.5, 0.6) is 0 Å². The molecule has 0 saturated carbocycles. The number of nitrogens with one attached hydrogen (secondary N) is 1. The topological polar surface area (TPSA) is 46.9 Å². The fraction of sp³-hybridized carbons (Fsp3) is 0.333. The molecule has 1 N–H and O–H groups in total. The summed E-state index contributed by atoms with van der Waals surface area (Å²) < 4.78 is 1.70. The predicted molar refractivity (Wildman–Crippen MR) is 85.6 cm³/mol.